The quantitative estimate of drug-likeness (QED) is 0.843. The van der Waals surface area contributed by atoms with Crippen LogP contribution in [0.4, 0.5) is 0 Å². The van der Waals surface area contributed by atoms with E-state index >= 15 is 0 Å². The highest BCUT2D eigenvalue weighted by Gasteiger charge is 2.21. The number of hydrogen-bond donors (Lipinski definition) is 2. The van der Waals surface area contributed by atoms with Gasteiger partial charge in [0.1, 0.15) is 5.75 Å². The zero-order valence-electron chi connectivity index (χ0n) is 11.1. The van der Waals surface area contributed by atoms with Crippen molar-refractivity contribution in [3.8, 4) is 5.75 Å². The molecule has 3 nitrogen and oxygen atoms in total. The van der Waals surface area contributed by atoms with Crippen LogP contribution in [0, 0.1) is 6.92 Å². The summed E-state index contributed by atoms with van der Waals surface area (Å²) in [4.78, 5) is 2.34. The summed E-state index contributed by atoms with van der Waals surface area (Å²) in [6.45, 7) is 9.86. The normalized spacial score (nSPS) is 16.9. The van der Waals surface area contributed by atoms with Crippen molar-refractivity contribution in [2.24, 2.45) is 0 Å². The molecule has 2 N–H and O–H groups in total. The number of aryl methyl sites for hydroxylation is 1. The van der Waals surface area contributed by atoms with Gasteiger partial charge in [0.2, 0.25) is 0 Å². The number of aromatic hydroxyl groups is 1. The Morgan fingerprint density at radius 3 is 2.47 bits per heavy atom. The molecule has 5 heteroatoms. The topological polar surface area (TPSA) is 35.5 Å². The van der Waals surface area contributed by atoms with Crippen molar-refractivity contribution in [3.05, 3.63) is 42.0 Å². The van der Waals surface area contributed by atoms with Crippen molar-refractivity contribution < 1.29 is 5.11 Å². The Balaban J connectivity index is 0.00000162. The van der Waals surface area contributed by atoms with Gasteiger partial charge < -0.3 is 10.4 Å². The molecule has 1 saturated heterocycles. The Hall–Kier alpha value is -0.740. The van der Waals surface area contributed by atoms with Crippen LogP contribution in [-0.4, -0.2) is 36.2 Å². The second kappa shape index (κ2) is 8.43. The number of nitrogens with one attached hydrogen (secondary N) is 1. The predicted octanol–water partition coefficient (Wildman–Crippen LogP) is 2.68. The second-order valence-electron chi connectivity index (χ2n) is 4.53. The monoisotopic (exact) mass is 304 g/mol. The average molecular weight is 305 g/mol. The van der Waals surface area contributed by atoms with Crippen LogP contribution in [0.3, 0.4) is 0 Å². The summed E-state index contributed by atoms with van der Waals surface area (Å²) in [7, 11) is 0. The lowest BCUT2D eigenvalue weighted by molar-refractivity contribution is 0.201. The first-order chi connectivity index (χ1) is 8.22. The van der Waals surface area contributed by atoms with E-state index in [1.54, 1.807) is 0 Å². The molecule has 2 rings (SSSR count). The maximum Gasteiger partial charge on any atom is 0.120 e. The summed E-state index contributed by atoms with van der Waals surface area (Å²) in [6, 6.07) is 5.96. The maximum atomic E-state index is 10.0. The van der Waals surface area contributed by atoms with Crippen LogP contribution in [0.2, 0.25) is 0 Å². The minimum absolute atomic E-state index is 0. The van der Waals surface area contributed by atoms with E-state index in [1.807, 2.05) is 31.2 Å². The van der Waals surface area contributed by atoms with E-state index in [4.69, 9.17) is 0 Å². The average Bonchev–Trinajstić information content (AvgIpc) is 2.34. The molecule has 1 aromatic carbocycles. The maximum absolute atomic E-state index is 10.0. The molecule has 1 aromatic rings. The number of halogens is 2. The molecule has 1 aliphatic heterocycles. The molecule has 108 valence electrons. The van der Waals surface area contributed by atoms with Gasteiger partial charge in [-0.1, -0.05) is 18.2 Å². The number of phenols is 1. The molecule has 0 aliphatic carbocycles. The second-order valence-corrected chi connectivity index (χ2v) is 4.53. The highest BCUT2D eigenvalue weighted by atomic mass is 35.5. The number of phenolic OH excluding ortho intramolecular Hbond substituents is 1. The van der Waals surface area contributed by atoms with E-state index in [0.29, 0.717) is 5.75 Å². The smallest absolute Gasteiger partial charge is 0.120 e. The molecule has 0 spiro atoms. The van der Waals surface area contributed by atoms with E-state index in [-0.39, 0.29) is 30.9 Å². The third kappa shape index (κ3) is 4.39. The lowest BCUT2D eigenvalue weighted by Gasteiger charge is -2.33. The van der Waals surface area contributed by atoms with Crippen LogP contribution in [0.1, 0.15) is 17.2 Å². The Morgan fingerprint density at radius 2 is 1.95 bits per heavy atom. The van der Waals surface area contributed by atoms with Crippen molar-refractivity contribution >= 4 is 24.8 Å². The number of rotatable bonds is 3. The van der Waals surface area contributed by atoms with E-state index < -0.39 is 0 Å². The van der Waals surface area contributed by atoms with E-state index in [1.165, 1.54) is 0 Å². The summed E-state index contributed by atoms with van der Waals surface area (Å²) in [5, 5.41) is 13.4. The van der Waals surface area contributed by atoms with Gasteiger partial charge in [-0.05, 0) is 18.6 Å². The molecule has 1 aliphatic rings. The van der Waals surface area contributed by atoms with Gasteiger partial charge in [-0.25, -0.2) is 0 Å². The zero-order valence-corrected chi connectivity index (χ0v) is 12.8. The molecule has 1 fully saturated rings. The van der Waals surface area contributed by atoms with Crippen LogP contribution in [0.5, 0.6) is 5.75 Å². The Labute approximate surface area is 127 Å². The van der Waals surface area contributed by atoms with Crippen molar-refractivity contribution in [1.82, 2.24) is 10.2 Å². The van der Waals surface area contributed by atoms with E-state index in [0.717, 1.165) is 37.3 Å². The van der Waals surface area contributed by atoms with Crippen LogP contribution < -0.4 is 5.32 Å². The largest absolute Gasteiger partial charge is 0.508 e. The predicted molar refractivity (Wildman–Crippen MR) is 84.7 cm³/mol. The fourth-order valence-electron chi connectivity index (χ4n) is 2.34. The molecule has 19 heavy (non-hydrogen) atoms. The number of piperazine rings is 1. The number of nitrogens with zero attached hydrogens (tertiary/aromatic N) is 1. The Morgan fingerprint density at radius 1 is 1.32 bits per heavy atom. The lowest BCUT2D eigenvalue weighted by Crippen LogP contribution is -2.44. The molecular weight excluding hydrogens is 283 g/mol. The first-order valence-electron chi connectivity index (χ1n) is 6.09. The lowest BCUT2D eigenvalue weighted by atomic mass is 10.0. The molecule has 0 bridgehead atoms. The van der Waals surface area contributed by atoms with Crippen LogP contribution in [0.15, 0.2) is 30.9 Å². The standard InChI is InChI=1S/C14H20N2O.2ClH/c1-3-13(16-8-6-15-7-9-16)12-5-4-11(2)10-14(12)17;;/h3-5,10,13,15,17H,1,6-9H2,2H3;2*1H/t13-;;/m0../s1. The van der Waals surface area contributed by atoms with Crippen LogP contribution in [-0.2, 0) is 0 Å². The third-order valence-corrected chi connectivity index (χ3v) is 3.27. The van der Waals surface area contributed by atoms with Gasteiger partial charge in [0.25, 0.3) is 0 Å². The Kier molecular flexibility index (Phi) is 8.11. The molecular formula is C14H22Cl2N2O. The van der Waals surface area contributed by atoms with Gasteiger partial charge >= 0.3 is 0 Å². The third-order valence-electron chi connectivity index (χ3n) is 3.27. The van der Waals surface area contributed by atoms with Crippen molar-refractivity contribution in [3.63, 3.8) is 0 Å². The molecule has 1 heterocycles. The molecule has 0 unspecified atom stereocenters. The van der Waals surface area contributed by atoms with Gasteiger partial charge in [0, 0.05) is 31.7 Å². The van der Waals surface area contributed by atoms with Gasteiger partial charge in [0.15, 0.2) is 0 Å². The highest BCUT2D eigenvalue weighted by Crippen LogP contribution is 2.30. The van der Waals surface area contributed by atoms with Gasteiger partial charge in [-0.15, -0.1) is 31.4 Å². The highest BCUT2D eigenvalue weighted by molar-refractivity contribution is 5.85. The minimum atomic E-state index is 0. The van der Waals surface area contributed by atoms with E-state index in [9.17, 15) is 5.11 Å². The van der Waals surface area contributed by atoms with Crippen LogP contribution >= 0.6 is 24.8 Å². The molecule has 0 saturated carbocycles. The molecule has 1 atom stereocenters. The van der Waals surface area contributed by atoms with Crippen molar-refractivity contribution in [1.29, 1.82) is 0 Å². The zero-order chi connectivity index (χ0) is 12.3. The van der Waals surface area contributed by atoms with Gasteiger partial charge in [0.05, 0.1) is 6.04 Å². The fraction of sp³-hybridized carbons (Fsp3) is 0.429. The molecule has 0 amide bonds. The summed E-state index contributed by atoms with van der Waals surface area (Å²) in [6.07, 6.45) is 1.91. The molecule has 0 aromatic heterocycles. The number of benzene rings is 1. The SMILES string of the molecule is C=C[C@@H](c1ccc(C)cc1O)N1CCNCC1.Cl.Cl. The van der Waals surface area contributed by atoms with Gasteiger partial charge in [-0.3, -0.25) is 4.90 Å². The van der Waals surface area contributed by atoms with Crippen molar-refractivity contribution in [2.75, 3.05) is 26.2 Å². The summed E-state index contributed by atoms with van der Waals surface area (Å²) >= 11 is 0. The summed E-state index contributed by atoms with van der Waals surface area (Å²) < 4.78 is 0. The first-order valence-corrected chi connectivity index (χ1v) is 6.09. The molecule has 0 radical (unpaired) electrons. The summed E-state index contributed by atoms with van der Waals surface area (Å²) in [5.41, 5.74) is 2.03. The number of hydrogen-bond acceptors (Lipinski definition) is 3. The van der Waals surface area contributed by atoms with E-state index in [2.05, 4.69) is 16.8 Å². The van der Waals surface area contributed by atoms with Gasteiger partial charge in [-0.2, -0.15) is 0 Å². The Bertz CT molecular complexity index is 406. The van der Waals surface area contributed by atoms with Crippen LogP contribution in [0.25, 0.3) is 0 Å². The van der Waals surface area contributed by atoms with Crippen molar-refractivity contribution in [2.45, 2.75) is 13.0 Å². The fourth-order valence-corrected chi connectivity index (χ4v) is 2.34. The minimum Gasteiger partial charge on any atom is -0.508 e. The summed E-state index contributed by atoms with van der Waals surface area (Å²) in [5.74, 6) is 0.369. The first kappa shape index (κ1) is 18.3.